The second-order valence-electron chi connectivity index (χ2n) is 5.88. The predicted octanol–water partition coefficient (Wildman–Crippen LogP) is 3.90. The molecule has 112 valence electrons. The molecule has 0 aromatic heterocycles. The summed E-state index contributed by atoms with van der Waals surface area (Å²) in [5, 5.41) is 0. The smallest absolute Gasteiger partial charge is 0.253 e. The Morgan fingerprint density at radius 1 is 1.25 bits per heavy atom. The van der Waals surface area contributed by atoms with Crippen molar-refractivity contribution in [2.75, 3.05) is 13.1 Å². The number of hydrogen-bond acceptors (Lipinski definition) is 2. The lowest BCUT2D eigenvalue weighted by molar-refractivity contribution is 0.0745. The Kier molecular flexibility index (Phi) is 6.05. The summed E-state index contributed by atoms with van der Waals surface area (Å²) < 4.78 is 5.71. The first-order chi connectivity index (χ1) is 9.35. The van der Waals surface area contributed by atoms with Crippen LogP contribution in [-0.2, 0) is 0 Å². The van der Waals surface area contributed by atoms with Gasteiger partial charge in [0.15, 0.2) is 0 Å². The monoisotopic (exact) mass is 277 g/mol. The Hall–Kier alpha value is -1.51. The molecule has 3 heteroatoms. The van der Waals surface area contributed by atoms with Gasteiger partial charge >= 0.3 is 0 Å². The third-order valence-corrected chi connectivity index (χ3v) is 3.04. The molecule has 1 rings (SSSR count). The minimum atomic E-state index is 0.0976. The minimum absolute atomic E-state index is 0.0976. The van der Waals surface area contributed by atoms with Crippen molar-refractivity contribution in [1.29, 1.82) is 0 Å². The van der Waals surface area contributed by atoms with Gasteiger partial charge in [0.2, 0.25) is 0 Å². The molecule has 0 fully saturated rings. The van der Waals surface area contributed by atoms with E-state index >= 15 is 0 Å². The molecule has 0 saturated heterocycles. The van der Waals surface area contributed by atoms with Gasteiger partial charge in [-0.2, -0.15) is 0 Å². The van der Waals surface area contributed by atoms with Crippen molar-refractivity contribution in [3.63, 3.8) is 0 Å². The van der Waals surface area contributed by atoms with Crippen LogP contribution in [0, 0.1) is 12.8 Å². The van der Waals surface area contributed by atoms with Crippen molar-refractivity contribution in [2.24, 2.45) is 5.92 Å². The molecule has 1 aromatic rings. The summed E-state index contributed by atoms with van der Waals surface area (Å²) in [4.78, 5) is 14.4. The molecular weight excluding hydrogens is 250 g/mol. The molecule has 0 aliphatic heterocycles. The SMILES string of the molecule is CCN(CC(C)C)C(=O)c1ccc(OC(C)C)c(C)c1. The fourth-order valence-corrected chi connectivity index (χ4v) is 2.15. The summed E-state index contributed by atoms with van der Waals surface area (Å²) >= 11 is 0. The summed E-state index contributed by atoms with van der Waals surface area (Å²) in [6, 6.07) is 5.67. The maximum absolute atomic E-state index is 12.5. The van der Waals surface area contributed by atoms with Crippen molar-refractivity contribution >= 4 is 5.91 Å². The van der Waals surface area contributed by atoms with Crippen LogP contribution in [0.5, 0.6) is 5.75 Å². The molecule has 0 aliphatic carbocycles. The van der Waals surface area contributed by atoms with Crippen LogP contribution < -0.4 is 4.74 Å². The van der Waals surface area contributed by atoms with Gasteiger partial charge in [0.25, 0.3) is 5.91 Å². The van der Waals surface area contributed by atoms with E-state index in [2.05, 4.69) is 13.8 Å². The summed E-state index contributed by atoms with van der Waals surface area (Å²) in [5.74, 6) is 1.42. The molecule has 20 heavy (non-hydrogen) atoms. The fourth-order valence-electron chi connectivity index (χ4n) is 2.15. The first kappa shape index (κ1) is 16.5. The van der Waals surface area contributed by atoms with Crippen LogP contribution in [0.4, 0.5) is 0 Å². The molecule has 0 heterocycles. The Morgan fingerprint density at radius 3 is 2.35 bits per heavy atom. The van der Waals surface area contributed by atoms with E-state index in [1.54, 1.807) is 0 Å². The maximum atomic E-state index is 12.5. The quantitative estimate of drug-likeness (QED) is 0.789. The van der Waals surface area contributed by atoms with Crippen molar-refractivity contribution in [1.82, 2.24) is 4.90 Å². The molecule has 0 saturated carbocycles. The molecule has 0 radical (unpaired) electrons. The molecule has 0 N–H and O–H groups in total. The molecule has 0 atom stereocenters. The highest BCUT2D eigenvalue weighted by Gasteiger charge is 2.16. The van der Waals surface area contributed by atoms with E-state index in [4.69, 9.17) is 4.74 Å². The van der Waals surface area contributed by atoms with Gasteiger partial charge in [-0.25, -0.2) is 0 Å². The number of ether oxygens (including phenoxy) is 1. The predicted molar refractivity (Wildman–Crippen MR) is 83.4 cm³/mol. The number of aryl methyl sites for hydroxylation is 1. The van der Waals surface area contributed by atoms with Gasteiger partial charge in [0, 0.05) is 18.7 Å². The highest BCUT2D eigenvalue weighted by atomic mass is 16.5. The second kappa shape index (κ2) is 7.32. The van der Waals surface area contributed by atoms with Gasteiger partial charge in [0.05, 0.1) is 6.10 Å². The van der Waals surface area contributed by atoms with E-state index in [0.717, 1.165) is 30.0 Å². The third kappa shape index (κ3) is 4.55. The van der Waals surface area contributed by atoms with E-state index in [1.165, 1.54) is 0 Å². The lowest BCUT2D eigenvalue weighted by Gasteiger charge is -2.23. The van der Waals surface area contributed by atoms with Crippen molar-refractivity contribution < 1.29 is 9.53 Å². The van der Waals surface area contributed by atoms with Crippen LogP contribution in [-0.4, -0.2) is 30.0 Å². The molecule has 0 unspecified atom stereocenters. The number of carbonyl (C=O) groups is 1. The van der Waals surface area contributed by atoms with Crippen LogP contribution in [0.2, 0.25) is 0 Å². The Morgan fingerprint density at radius 2 is 1.90 bits per heavy atom. The Labute approximate surface area is 122 Å². The van der Waals surface area contributed by atoms with Crippen LogP contribution in [0.3, 0.4) is 0 Å². The topological polar surface area (TPSA) is 29.5 Å². The van der Waals surface area contributed by atoms with Crippen LogP contribution >= 0.6 is 0 Å². The summed E-state index contributed by atoms with van der Waals surface area (Å²) in [5.41, 5.74) is 1.74. The van der Waals surface area contributed by atoms with E-state index < -0.39 is 0 Å². The number of amides is 1. The average Bonchev–Trinajstić information content (AvgIpc) is 2.36. The van der Waals surface area contributed by atoms with Crippen molar-refractivity contribution in [2.45, 2.75) is 47.6 Å². The third-order valence-electron chi connectivity index (χ3n) is 3.04. The summed E-state index contributed by atoms with van der Waals surface area (Å²) in [6.07, 6.45) is 0.142. The van der Waals surface area contributed by atoms with Crippen LogP contribution in [0.15, 0.2) is 18.2 Å². The summed E-state index contributed by atoms with van der Waals surface area (Å²) in [6.45, 7) is 13.8. The Bertz CT molecular complexity index is 452. The van der Waals surface area contributed by atoms with Gasteiger partial charge in [-0.3, -0.25) is 4.79 Å². The number of carbonyl (C=O) groups excluding carboxylic acids is 1. The zero-order valence-electron chi connectivity index (χ0n) is 13.6. The molecule has 0 spiro atoms. The lowest BCUT2D eigenvalue weighted by Crippen LogP contribution is -2.34. The van der Waals surface area contributed by atoms with Gasteiger partial charge < -0.3 is 9.64 Å². The fraction of sp³-hybridized carbons (Fsp3) is 0.588. The highest BCUT2D eigenvalue weighted by molar-refractivity contribution is 5.94. The highest BCUT2D eigenvalue weighted by Crippen LogP contribution is 2.21. The van der Waals surface area contributed by atoms with Gasteiger partial charge in [0.1, 0.15) is 5.75 Å². The van der Waals surface area contributed by atoms with Crippen molar-refractivity contribution in [3.8, 4) is 5.75 Å². The first-order valence-corrected chi connectivity index (χ1v) is 7.41. The maximum Gasteiger partial charge on any atom is 0.253 e. The Balaban J connectivity index is 2.91. The van der Waals surface area contributed by atoms with Crippen LogP contribution in [0.1, 0.15) is 50.5 Å². The van der Waals surface area contributed by atoms with Crippen molar-refractivity contribution in [3.05, 3.63) is 29.3 Å². The normalized spacial score (nSPS) is 11.0. The van der Waals surface area contributed by atoms with Gasteiger partial charge in [-0.05, 0) is 57.4 Å². The van der Waals surface area contributed by atoms with E-state index in [-0.39, 0.29) is 12.0 Å². The minimum Gasteiger partial charge on any atom is -0.491 e. The second-order valence-corrected chi connectivity index (χ2v) is 5.88. The molecule has 1 aromatic carbocycles. The molecule has 3 nitrogen and oxygen atoms in total. The van der Waals surface area contributed by atoms with E-state index in [9.17, 15) is 4.79 Å². The number of nitrogens with zero attached hydrogens (tertiary/aromatic N) is 1. The van der Waals surface area contributed by atoms with E-state index in [1.807, 2.05) is 50.8 Å². The molecule has 0 aliphatic rings. The molecule has 0 bridgehead atoms. The first-order valence-electron chi connectivity index (χ1n) is 7.41. The van der Waals surface area contributed by atoms with E-state index in [0.29, 0.717) is 5.92 Å². The van der Waals surface area contributed by atoms with Crippen LogP contribution in [0.25, 0.3) is 0 Å². The molecular formula is C17H27NO2. The number of benzene rings is 1. The summed E-state index contributed by atoms with van der Waals surface area (Å²) in [7, 11) is 0. The lowest BCUT2D eigenvalue weighted by atomic mass is 10.1. The molecule has 1 amide bonds. The zero-order valence-corrected chi connectivity index (χ0v) is 13.6. The zero-order chi connectivity index (χ0) is 15.3. The number of hydrogen-bond donors (Lipinski definition) is 0. The average molecular weight is 277 g/mol. The van der Waals surface area contributed by atoms with Gasteiger partial charge in [-0.1, -0.05) is 13.8 Å². The largest absolute Gasteiger partial charge is 0.491 e. The standard InChI is InChI=1S/C17H27NO2/c1-7-18(11-12(2)3)17(19)15-8-9-16(14(6)10-15)20-13(4)5/h8-10,12-13H,7,11H2,1-6H3. The van der Waals surface area contributed by atoms with Gasteiger partial charge in [-0.15, -0.1) is 0 Å². The number of rotatable bonds is 6.